The highest BCUT2D eigenvalue weighted by atomic mass is 16.5. The molecule has 1 saturated heterocycles. The molecule has 0 aromatic heterocycles. The number of carboxylic acid groups (broad SMARTS) is 1. The van der Waals surface area contributed by atoms with E-state index in [-0.39, 0.29) is 17.6 Å². The van der Waals surface area contributed by atoms with Crippen LogP contribution in [0, 0.1) is 5.92 Å². The molecular formula is C23H27NO4. The van der Waals surface area contributed by atoms with E-state index in [2.05, 4.69) is 13.8 Å². The molecule has 0 aliphatic carbocycles. The zero-order valence-electron chi connectivity index (χ0n) is 16.4. The predicted octanol–water partition coefficient (Wildman–Crippen LogP) is 4.33. The maximum Gasteiger partial charge on any atom is 0.336 e. The van der Waals surface area contributed by atoms with Crippen LogP contribution in [0.1, 0.15) is 47.4 Å². The summed E-state index contributed by atoms with van der Waals surface area (Å²) in [6, 6.07) is 14.0. The standard InChI is InChI=1S/C23H27NO4/c1-16(2)15-28-17-11-13-24(14-12-17)22(25)20-9-5-3-7-18(20)19-8-4-6-10-21(19)23(26)27/h3-10,16-17H,11-15H2,1-2H3,(H,26,27). The van der Waals surface area contributed by atoms with Gasteiger partial charge in [0, 0.05) is 25.3 Å². The number of carboxylic acids is 1. The van der Waals surface area contributed by atoms with Gasteiger partial charge in [-0.1, -0.05) is 50.2 Å². The van der Waals surface area contributed by atoms with Crippen molar-refractivity contribution in [1.82, 2.24) is 4.90 Å². The van der Waals surface area contributed by atoms with Gasteiger partial charge in [-0.3, -0.25) is 4.79 Å². The molecule has 0 radical (unpaired) electrons. The second-order valence-electron chi connectivity index (χ2n) is 7.62. The van der Waals surface area contributed by atoms with E-state index >= 15 is 0 Å². The summed E-state index contributed by atoms with van der Waals surface area (Å²) in [5.74, 6) is -0.556. The Hall–Kier alpha value is -2.66. The molecule has 0 unspecified atom stereocenters. The van der Waals surface area contributed by atoms with E-state index in [4.69, 9.17) is 4.74 Å². The van der Waals surface area contributed by atoms with Crippen LogP contribution in [0.4, 0.5) is 0 Å². The van der Waals surface area contributed by atoms with Crippen molar-refractivity contribution < 1.29 is 19.4 Å². The number of rotatable bonds is 6. The highest BCUT2D eigenvalue weighted by molar-refractivity contribution is 6.04. The molecule has 2 aromatic carbocycles. The van der Waals surface area contributed by atoms with E-state index in [1.54, 1.807) is 30.3 Å². The fourth-order valence-electron chi connectivity index (χ4n) is 3.53. The van der Waals surface area contributed by atoms with Crippen LogP contribution in [0.3, 0.4) is 0 Å². The van der Waals surface area contributed by atoms with Crippen molar-refractivity contribution in [3.8, 4) is 11.1 Å². The molecule has 148 valence electrons. The Morgan fingerprint density at radius 3 is 2.11 bits per heavy atom. The molecule has 1 aliphatic rings. The van der Waals surface area contributed by atoms with Gasteiger partial charge in [0.25, 0.3) is 5.91 Å². The summed E-state index contributed by atoms with van der Waals surface area (Å²) in [5.41, 5.74) is 1.96. The molecule has 0 bridgehead atoms. The molecule has 5 nitrogen and oxygen atoms in total. The molecular weight excluding hydrogens is 354 g/mol. The lowest BCUT2D eigenvalue weighted by molar-refractivity contribution is -0.00230. The van der Waals surface area contributed by atoms with Gasteiger partial charge in [0.05, 0.1) is 11.7 Å². The summed E-state index contributed by atoms with van der Waals surface area (Å²) in [4.78, 5) is 26.6. The number of nitrogens with zero attached hydrogens (tertiary/aromatic N) is 1. The summed E-state index contributed by atoms with van der Waals surface area (Å²) >= 11 is 0. The van der Waals surface area contributed by atoms with Crippen LogP contribution in [0.5, 0.6) is 0 Å². The quantitative estimate of drug-likeness (QED) is 0.809. The molecule has 1 fully saturated rings. The molecule has 5 heteroatoms. The minimum Gasteiger partial charge on any atom is -0.478 e. The topological polar surface area (TPSA) is 66.8 Å². The average molecular weight is 381 g/mol. The number of carbonyl (C=O) groups excluding carboxylic acids is 1. The Morgan fingerprint density at radius 2 is 1.54 bits per heavy atom. The van der Waals surface area contributed by atoms with E-state index in [1.807, 2.05) is 23.1 Å². The maximum absolute atomic E-state index is 13.2. The Morgan fingerprint density at radius 1 is 1.00 bits per heavy atom. The number of hydrogen-bond acceptors (Lipinski definition) is 3. The van der Waals surface area contributed by atoms with Gasteiger partial charge in [-0.25, -0.2) is 4.79 Å². The Bertz CT molecular complexity index is 838. The van der Waals surface area contributed by atoms with E-state index in [0.717, 1.165) is 19.4 Å². The fourth-order valence-corrected chi connectivity index (χ4v) is 3.53. The maximum atomic E-state index is 13.2. The van der Waals surface area contributed by atoms with Gasteiger partial charge in [-0.2, -0.15) is 0 Å². The second kappa shape index (κ2) is 9.02. The van der Waals surface area contributed by atoms with E-state index in [1.165, 1.54) is 0 Å². The van der Waals surface area contributed by atoms with Crippen molar-refractivity contribution >= 4 is 11.9 Å². The third-order valence-electron chi connectivity index (χ3n) is 5.00. The number of hydrogen-bond donors (Lipinski definition) is 1. The van der Waals surface area contributed by atoms with Gasteiger partial charge in [-0.15, -0.1) is 0 Å². The summed E-state index contributed by atoms with van der Waals surface area (Å²) < 4.78 is 5.91. The average Bonchev–Trinajstić information content (AvgIpc) is 2.72. The number of piperidine rings is 1. The number of ether oxygens (including phenoxy) is 1. The molecule has 3 rings (SSSR count). The molecule has 1 heterocycles. The number of amides is 1. The highest BCUT2D eigenvalue weighted by Crippen LogP contribution is 2.29. The van der Waals surface area contributed by atoms with Crippen molar-refractivity contribution in [1.29, 1.82) is 0 Å². The van der Waals surface area contributed by atoms with E-state index in [0.29, 0.717) is 35.7 Å². The first-order valence-corrected chi connectivity index (χ1v) is 9.80. The first kappa shape index (κ1) is 20.1. The minimum absolute atomic E-state index is 0.0573. The van der Waals surface area contributed by atoms with Crippen molar-refractivity contribution in [2.75, 3.05) is 19.7 Å². The number of carbonyl (C=O) groups is 2. The Balaban J connectivity index is 1.79. The summed E-state index contributed by atoms with van der Waals surface area (Å²) in [5, 5.41) is 9.51. The van der Waals surface area contributed by atoms with E-state index < -0.39 is 5.97 Å². The van der Waals surface area contributed by atoms with Crippen LogP contribution in [0.15, 0.2) is 48.5 Å². The Kier molecular flexibility index (Phi) is 6.47. The third kappa shape index (κ3) is 4.60. The van der Waals surface area contributed by atoms with Gasteiger partial charge in [0.2, 0.25) is 0 Å². The smallest absolute Gasteiger partial charge is 0.336 e. The van der Waals surface area contributed by atoms with Gasteiger partial charge < -0.3 is 14.7 Å². The summed E-state index contributed by atoms with van der Waals surface area (Å²) in [6.45, 7) is 6.30. The molecule has 1 N–H and O–H groups in total. The lowest BCUT2D eigenvalue weighted by Crippen LogP contribution is -2.41. The molecule has 0 spiro atoms. The SMILES string of the molecule is CC(C)COC1CCN(C(=O)c2ccccc2-c2ccccc2C(=O)O)CC1. The second-order valence-corrected chi connectivity index (χ2v) is 7.62. The summed E-state index contributed by atoms with van der Waals surface area (Å²) in [7, 11) is 0. The van der Waals surface area contributed by atoms with Crippen molar-refractivity contribution in [3.63, 3.8) is 0 Å². The lowest BCUT2D eigenvalue weighted by Gasteiger charge is -2.32. The van der Waals surface area contributed by atoms with Gasteiger partial charge >= 0.3 is 5.97 Å². The Labute approximate surface area is 165 Å². The molecule has 1 amide bonds. The van der Waals surface area contributed by atoms with Crippen LogP contribution >= 0.6 is 0 Å². The van der Waals surface area contributed by atoms with E-state index in [9.17, 15) is 14.7 Å². The van der Waals surface area contributed by atoms with Crippen LogP contribution < -0.4 is 0 Å². The third-order valence-corrected chi connectivity index (χ3v) is 5.00. The normalized spacial score (nSPS) is 15.0. The van der Waals surface area contributed by atoms with Gasteiger partial charge in [0.1, 0.15) is 0 Å². The zero-order chi connectivity index (χ0) is 20.1. The molecule has 2 aromatic rings. The van der Waals surface area contributed by atoms with Gasteiger partial charge in [0.15, 0.2) is 0 Å². The number of likely N-dealkylation sites (tertiary alicyclic amines) is 1. The van der Waals surface area contributed by atoms with Crippen molar-refractivity contribution in [3.05, 3.63) is 59.7 Å². The van der Waals surface area contributed by atoms with Crippen LogP contribution in [0.2, 0.25) is 0 Å². The van der Waals surface area contributed by atoms with Crippen LogP contribution in [0.25, 0.3) is 11.1 Å². The first-order chi connectivity index (χ1) is 13.5. The number of benzene rings is 2. The predicted molar refractivity (Wildman–Crippen MR) is 109 cm³/mol. The summed E-state index contributed by atoms with van der Waals surface area (Å²) in [6.07, 6.45) is 1.85. The largest absolute Gasteiger partial charge is 0.478 e. The minimum atomic E-state index is -0.999. The van der Waals surface area contributed by atoms with Crippen molar-refractivity contribution in [2.45, 2.75) is 32.8 Å². The lowest BCUT2D eigenvalue weighted by atomic mass is 9.94. The first-order valence-electron chi connectivity index (χ1n) is 9.80. The van der Waals surface area contributed by atoms with Crippen molar-refractivity contribution in [2.24, 2.45) is 5.92 Å². The molecule has 0 atom stereocenters. The van der Waals surface area contributed by atoms with Gasteiger partial charge in [-0.05, 0) is 42.0 Å². The molecule has 28 heavy (non-hydrogen) atoms. The fraction of sp³-hybridized carbons (Fsp3) is 0.391. The molecule has 1 aliphatic heterocycles. The monoisotopic (exact) mass is 381 g/mol. The zero-order valence-corrected chi connectivity index (χ0v) is 16.4. The van der Waals surface area contributed by atoms with Crippen LogP contribution in [-0.2, 0) is 4.74 Å². The number of aromatic carboxylic acids is 1. The highest BCUT2D eigenvalue weighted by Gasteiger charge is 2.26. The van der Waals surface area contributed by atoms with Crippen LogP contribution in [-0.4, -0.2) is 47.7 Å². The molecule has 0 saturated carbocycles.